The first-order chi connectivity index (χ1) is 15.3. The highest BCUT2D eigenvalue weighted by Crippen LogP contribution is 2.67. The maximum Gasteiger partial charge on any atom is 0.221 e. The molecule has 0 saturated heterocycles. The molecule has 2 aromatic rings. The molecule has 4 fully saturated rings. The zero-order valence-corrected chi connectivity index (χ0v) is 19.1. The van der Waals surface area contributed by atoms with Crippen molar-refractivity contribution in [1.82, 2.24) is 10.6 Å². The van der Waals surface area contributed by atoms with Crippen molar-refractivity contribution in [1.29, 1.82) is 0 Å². The summed E-state index contributed by atoms with van der Waals surface area (Å²) >= 11 is 0. The molecular formula is C26H34N2O4. The maximum atomic E-state index is 13.0. The Morgan fingerprint density at radius 2 is 1.31 bits per heavy atom. The Kier molecular flexibility index (Phi) is 5.42. The summed E-state index contributed by atoms with van der Waals surface area (Å²) in [5.41, 5.74) is 0.0634. The van der Waals surface area contributed by atoms with Crippen molar-refractivity contribution in [3.8, 4) is 0 Å². The minimum atomic E-state index is -0.130. The second-order valence-corrected chi connectivity index (χ2v) is 10.9. The lowest BCUT2D eigenvalue weighted by atomic mass is 9.43. The largest absolute Gasteiger partial charge is 0.467 e. The predicted molar refractivity (Wildman–Crippen MR) is 119 cm³/mol. The lowest BCUT2D eigenvalue weighted by Gasteiger charge is -2.62. The van der Waals surface area contributed by atoms with Crippen molar-refractivity contribution in [2.45, 2.75) is 77.3 Å². The first kappa shape index (κ1) is 21.4. The van der Waals surface area contributed by atoms with Crippen molar-refractivity contribution in [3.63, 3.8) is 0 Å². The van der Waals surface area contributed by atoms with Crippen LogP contribution in [0.3, 0.4) is 0 Å². The van der Waals surface area contributed by atoms with Crippen molar-refractivity contribution in [3.05, 3.63) is 48.3 Å². The fourth-order valence-electron chi connectivity index (χ4n) is 7.55. The van der Waals surface area contributed by atoms with Crippen LogP contribution in [0.15, 0.2) is 45.6 Å². The predicted octanol–water partition coefficient (Wildman–Crippen LogP) is 5.29. The average Bonchev–Trinajstić information content (AvgIpc) is 3.40. The Morgan fingerprint density at radius 3 is 1.69 bits per heavy atom. The maximum absolute atomic E-state index is 13.0. The molecule has 6 nitrogen and oxygen atoms in total. The van der Waals surface area contributed by atoms with E-state index in [0.717, 1.165) is 43.6 Å². The van der Waals surface area contributed by atoms with Crippen LogP contribution in [0, 0.1) is 22.7 Å². The van der Waals surface area contributed by atoms with E-state index >= 15 is 0 Å². The summed E-state index contributed by atoms with van der Waals surface area (Å²) in [5.74, 6) is 3.04. The summed E-state index contributed by atoms with van der Waals surface area (Å²) in [6.45, 7) is 3.92. The molecular weight excluding hydrogens is 404 g/mol. The Hall–Kier alpha value is -2.50. The number of amides is 2. The molecule has 2 heterocycles. The average molecular weight is 439 g/mol. The van der Waals surface area contributed by atoms with E-state index in [2.05, 4.69) is 10.6 Å². The highest BCUT2D eigenvalue weighted by molar-refractivity contribution is 5.78. The molecule has 4 aliphatic carbocycles. The summed E-state index contributed by atoms with van der Waals surface area (Å²) < 4.78 is 10.9. The molecule has 2 unspecified atom stereocenters. The first-order valence-electron chi connectivity index (χ1n) is 12.0. The van der Waals surface area contributed by atoms with Gasteiger partial charge in [-0.05, 0) is 99.3 Å². The number of hydrogen-bond acceptors (Lipinski definition) is 4. The number of carbonyl (C=O) groups is 2. The van der Waals surface area contributed by atoms with Crippen molar-refractivity contribution < 1.29 is 18.4 Å². The van der Waals surface area contributed by atoms with Gasteiger partial charge in [-0.3, -0.25) is 9.59 Å². The van der Waals surface area contributed by atoms with Gasteiger partial charge < -0.3 is 19.5 Å². The van der Waals surface area contributed by atoms with Gasteiger partial charge in [-0.2, -0.15) is 0 Å². The van der Waals surface area contributed by atoms with Crippen LogP contribution >= 0.6 is 0 Å². The van der Waals surface area contributed by atoms with E-state index in [-0.39, 0.29) is 34.7 Å². The van der Waals surface area contributed by atoms with E-state index in [4.69, 9.17) is 8.83 Å². The molecule has 4 bridgehead atoms. The fourth-order valence-corrected chi connectivity index (χ4v) is 7.55. The Morgan fingerprint density at radius 1 is 0.875 bits per heavy atom. The van der Waals surface area contributed by atoms with Gasteiger partial charge >= 0.3 is 0 Å². The van der Waals surface area contributed by atoms with Crippen LogP contribution in [-0.4, -0.2) is 11.8 Å². The SMILES string of the molecule is CC(NC(=O)CC12CC3CC(C1)CC(CC(=O)NC(C)c1ccco1)(C3)C2)c1ccco1. The normalized spacial score (nSPS) is 32.4. The molecule has 172 valence electrons. The van der Waals surface area contributed by atoms with Gasteiger partial charge in [0.15, 0.2) is 0 Å². The molecule has 2 amide bonds. The van der Waals surface area contributed by atoms with E-state index in [1.165, 1.54) is 6.42 Å². The van der Waals surface area contributed by atoms with Crippen molar-refractivity contribution in [2.75, 3.05) is 0 Å². The Balaban J connectivity index is 1.24. The minimum absolute atomic E-state index is 0.0317. The van der Waals surface area contributed by atoms with Gasteiger partial charge in [-0.25, -0.2) is 0 Å². The number of nitrogens with one attached hydrogen (secondary N) is 2. The molecule has 6 rings (SSSR count). The Labute approximate surface area is 189 Å². The van der Waals surface area contributed by atoms with E-state index in [0.29, 0.717) is 24.7 Å². The van der Waals surface area contributed by atoms with Crippen LogP contribution in [-0.2, 0) is 9.59 Å². The summed E-state index contributed by atoms with van der Waals surface area (Å²) in [6, 6.07) is 7.22. The van der Waals surface area contributed by atoms with E-state index < -0.39 is 0 Å². The summed E-state index contributed by atoms with van der Waals surface area (Å²) in [6.07, 6.45) is 11.1. The van der Waals surface area contributed by atoms with Crippen LogP contribution in [0.2, 0.25) is 0 Å². The number of carbonyl (C=O) groups excluding carboxylic acids is 2. The third-order valence-electron chi connectivity index (χ3n) is 8.07. The molecule has 4 saturated carbocycles. The molecule has 4 aliphatic rings. The second kappa shape index (κ2) is 8.13. The standard InChI is InChI=1S/C26H34N2O4/c1-17(21-5-3-7-31-21)27-23(29)14-25-10-19-9-20(11-25)13-26(12-19,16-25)15-24(30)28-18(2)22-6-4-8-32-22/h3-8,17-20H,9-16H2,1-2H3,(H,27,29)(H,28,30). The first-order valence-corrected chi connectivity index (χ1v) is 12.0. The Bertz CT molecular complexity index is 860. The quantitative estimate of drug-likeness (QED) is 0.586. The zero-order chi connectivity index (χ0) is 22.3. The van der Waals surface area contributed by atoms with E-state index in [1.54, 1.807) is 12.5 Å². The lowest BCUT2D eigenvalue weighted by Crippen LogP contribution is -2.54. The van der Waals surface area contributed by atoms with Crippen molar-refractivity contribution in [2.24, 2.45) is 22.7 Å². The smallest absolute Gasteiger partial charge is 0.221 e. The molecule has 0 aromatic carbocycles. The summed E-state index contributed by atoms with van der Waals surface area (Å²) in [7, 11) is 0. The minimum Gasteiger partial charge on any atom is -0.467 e. The molecule has 0 aliphatic heterocycles. The van der Waals surface area contributed by atoms with Gasteiger partial charge in [0.05, 0.1) is 24.6 Å². The molecule has 0 radical (unpaired) electrons. The van der Waals surface area contributed by atoms with Crippen LogP contribution in [0.25, 0.3) is 0 Å². The second-order valence-electron chi connectivity index (χ2n) is 10.9. The topological polar surface area (TPSA) is 84.5 Å². The molecule has 2 N–H and O–H groups in total. The third kappa shape index (κ3) is 4.24. The molecule has 32 heavy (non-hydrogen) atoms. The molecule has 0 spiro atoms. The van der Waals surface area contributed by atoms with Crippen LogP contribution in [0.5, 0.6) is 0 Å². The van der Waals surface area contributed by atoms with E-state index in [1.807, 2.05) is 38.1 Å². The van der Waals surface area contributed by atoms with Crippen LogP contribution in [0.4, 0.5) is 0 Å². The third-order valence-corrected chi connectivity index (χ3v) is 8.07. The van der Waals surface area contributed by atoms with Gasteiger partial charge in [0, 0.05) is 12.8 Å². The van der Waals surface area contributed by atoms with E-state index in [9.17, 15) is 9.59 Å². The molecule has 6 heteroatoms. The van der Waals surface area contributed by atoms with Gasteiger partial charge in [0.25, 0.3) is 0 Å². The van der Waals surface area contributed by atoms with Gasteiger partial charge in [0.2, 0.25) is 11.8 Å². The van der Waals surface area contributed by atoms with Crippen LogP contribution < -0.4 is 10.6 Å². The van der Waals surface area contributed by atoms with Gasteiger partial charge in [-0.15, -0.1) is 0 Å². The monoisotopic (exact) mass is 438 g/mol. The number of hydrogen-bond donors (Lipinski definition) is 2. The number of rotatable bonds is 8. The summed E-state index contributed by atoms with van der Waals surface area (Å²) in [5, 5.41) is 6.26. The van der Waals surface area contributed by atoms with Gasteiger partial charge in [-0.1, -0.05) is 0 Å². The summed E-state index contributed by atoms with van der Waals surface area (Å²) in [4.78, 5) is 26.0. The highest BCUT2D eigenvalue weighted by Gasteiger charge is 2.58. The van der Waals surface area contributed by atoms with Gasteiger partial charge in [0.1, 0.15) is 11.5 Å². The fraction of sp³-hybridized carbons (Fsp3) is 0.615. The lowest BCUT2D eigenvalue weighted by molar-refractivity contribution is -0.146. The molecule has 2 atom stereocenters. The highest BCUT2D eigenvalue weighted by atomic mass is 16.3. The van der Waals surface area contributed by atoms with Crippen molar-refractivity contribution >= 4 is 11.8 Å². The van der Waals surface area contributed by atoms with Crippen LogP contribution in [0.1, 0.15) is 88.8 Å². The zero-order valence-electron chi connectivity index (χ0n) is 19.1. The molecule has 2 aromatic heterocycles. The number of furan rings is 2.